The van der Waals surface area contributed by atoms with Crippen LogP contribution in [0.15, 0.2) is 23.8 Å². The highest BCUT2D eigenvalue weighted by Gasteiger charge is 2.55. The lowest BCUT2D eigenvalue weighted by molar-refractivity contribution is -0.0449. The highest BCUT2D eigenvalue weighted by Crippen LogP contribution is 2.60. The second kappa shape index (κ2) is 5.27. The fourth-order valence-corrected chi connectivity index (χ4v) is 6.05. The predicted octanol–water partition coefficient (Wildman–Crippen LogP) is 4.34. The molecule has 0 aromatic carbocycles. The molecular formula is C21H28O. The molecule has 2 fully saturated rings. The number of rotatable bonds is 0. The van der Waals surface area contributed by atoms with E-state index in [4.69, 9.17) is 0 Å². The number of allylic oxidation sites excluding steroid dienone is 3. The monoisotopic (exact) mass is 296 g/mol. The molecule has 1 N–H and O–H groups in total. The minimum Gasteiger partial charge on any atom is -0.388 e. The first kappa shape index (κ1) is 14.6. The smallest absolute Gasteiger partial charge is 0.0780 e. The molecule has 2 saturated carbocycles. The number of hydrogen-bond donors (Lipinski definition) is 1. The third kappa shape index (κ3) is 1.96. The Labute approximate surface area is 134 Å². The Morgan fingerprint density at radius 2 is 2.09 bits per heavy atom. The molecular weight excluding hydrogens is 268 g/mol. The van der Waals surface area contributed by atoms with Gasteiger partial charge >= 0.3 is 0 Å². The summed E-state index contributed by atoms with van der Waals surface area (Å²) in [5, 5.41) is 10.5. The van der Waals surface area contributed by atoms with E-state index in [1.165, 1.54) is 38.5 Å². The van der Waals surface area contributed by atoms with Gasteiger partial charge in [0.15, 0.2) is 0 Å². The molecule has 0 radical (unpaired) electrons. The standard InChI is InChI=1S/C21H28O/c1-3-6-15-13-14-7-4-5-8-16(14)17-11-12-21(2)18(20(15)17)9-10-19(21)22/h9-10,13,15-20,22H,4-5,7-8,11-12H2,1-2H3/t15-,16+,17-,18+,19+,20-,21+/m1/s1. The van der Waals surface area contributed by atoms with Crippen molar-refractivity contribution in [2.45, 2.75) is 58.5 Å². The van der Waals surface area contributed by atoms with Crippen molar-refractivity contribution in [2.24, 2.45) is 35.0 Å². The molecule has 118 valence electrons. The zero-order valence-corrected chi connectivity index (χ0v) is 13.9. The third-order valence-corrected chi connectivity index (χ3v) is 7.21. The summed E-state index contributed by atoms with van der Waals surface area (Å²) in [5.74, 6) is 9.83. The molecule has 1 heteroatoms. The summed E-state index contributed by atoms with van der Waals surface area (Å²) >= 11 is 0. The molecule has 0 bridgehead atoms. The van der Waals surface area contributed by atoms with Gasteiger partial charge in [0.05, 0.1) is 6.10 Å². The quantitative estimate of drug-likeness (QED) is 0.521. The summed E-state index contributed by atoms with van der Waals surface area (Å²) in [7, 11) is 0. The SMILES string of the molecule is CC#C[C@@H]1C=C2CCCC[C@@H]2[C@H]2CC[C@]3(C)[C@@H](O)C=C[C@H]3[C@@H]21. The highest BCUT2D eigenvalue weighted by atomic mass is 16.3. The molecule has 4 rings (SSSR count). The van der Waals surface area contributed by atoms with Gasteiger partial charge in [0.25, 0.3) is 0 Å². The Balaban J connectivity index is 1.76. The van der Waals surface area contributed by atoms with Crippen LogP contribution >= 0.6 is 0 Å². The lowest BCUT2D eigenvalue weighted by Gasteiger charge is -2.54. The first-order chi connectivity index (χ1) is 10.6. The zero-order chi connectivity index (χ0) is 15.3. The molecule has 0 unspecified atom stereocenters. The van der Waals surface area contributed by atoms with Crippen LogP contribution in [0.4, 0.5) is 0 Å². The molecule has 1 nitrogen and oxygen atoms in total. The van der Waals surface area contributed by atoms with E-state index >= 15 is 0 Å². The van der Waals surface area contributed by atoms with Gasteiger partial charge in [-0.3, -0.25) is 0 Å². The third-order valence-electron chi connectivity index (χ3n) is 7.21. The zero-order valence-electron chi connectivity index (χ0n) is 13.9. The normalized spacial score (nSPS) is 49.3. The number of fused-ring (bicyclic) bond motifs is 5. The molecule has 4 aliphatic carbocycles. The van der Waals surface area contributed by atoms with E-state index in [0.717, 1.165) is 11.8 Å². The van der Waals surface area contributed by atoms with Crippen molar-refractivity contribution in [1.29, 1.82) is 0 Å². The van der Waals surface area contributed by atoms with Gasteiger partial charge in [0.1, 0.15) is 0 Å². The van der Waals surface area contributed by atoms with Gasteiger partial charge in [-0.2, -0.15) is 0 Å². The van der Waals surface area contributed by atoms with E-state index in [2.05, 4.69) is 37.0 Å². The summed E-state index contributed by atoms with van der Waals surface area (Å²) in [5.41, 5.74) is 1.76. The largest absolute Gasteiger partial charge is 0.388 e. The van der Waals surface area contributed by atoms with Crippen molar-refractivity contribution in [1.82, 2.24) is 0 Å². The van der Waals surface area contributed by atoms with Gasteiger partial charge in [-0.25, -0.2) is 0 Å². The minimum absolute atomic E-state index is 0.0504. The highest BCUT2D eigenvalue weighted by molar-refractivity contribution is 5.30. The fourth-order valence-electron chi connectivity index (χ4n) is 6.05. The molecule has 22 heavy (non-hydrogen) atoms. The first-order valence-corrected chi connectivity index (χ1v) is 9.14. The molecule has 7 atom stereocenters. The van der Waals surface area contributed by atoms with Crippen LogP contribution in [0.1, 0.15) is 52.4 Å². The number of aliphatic hydroxyl groups excluding tert-OH is 1. The van der Waals surface area contributed by atoms with Crippen LogP contribution in [-0.4, -0.2) is 11.2 Å². The van der Waals surface area contributed by atoms with Gasteiger partial charge in [-0.15, -0.1) is 5.92 Å². The van der Waals surface area contributed by atoms with Gasteiger partial charge in [0.2, 0.25) is 0 Å². The molecule has 4 aliphatic rings. The Hall–Kier alpha value is -1.00. The predicted molar refractivity (Wildman–Crippen MR) is 89.9 cm³/mol. The molecule has 0 heterocycles. The van der Waals surface area contributed by atoms with Crippen molar-refractivity contribution < 1.29 is 5.11 Å². The number of hydrogen-bond acceptors (Lipinski definition) is 1. The molecule has 0 aromatic rings. The summed E-state index contributed by atoms with van der Waals surface area (Å²) < 4.78 is 0. The van der Waals surface area contributed by atoms with Crippen LogP contribution in [0.25, 0.3) is 0 Å². The van der Waals surface area contributed by atoms with Crippen molar-refractivity contribution >= 4 is 0 Å². The molecule has 0 spiro atoms. The maximum atomic E-state index is 10.5. The first-order valence-electron chi connectivity index (χ1n) is 9.14. The molecule has 0 aliphatic heterocycles. The van der Waals surface area contributed by atoms with Gasteiger partial charge in [-0.1, -0.05) is 43.1 Å². The topological polar surface area (TPSA) is 20.2 Å². The average Bonchev–Trinajstić information content (AvgIpc) is 2.83. The Bertz CT molecular complexity index is 574. The number of aliphatic hydroxyl groups is 1. The van der Waals surface area contributed by atoms with Gasteiger partial charge < -0.3 is 5.11 Å². The lowest BCUT2D eigenvalue weighted by atomic mass is 9.50. The summed E-state index contributed by atoms with van der Waals surface area (Å²) in [6, 6.07) is 0. The van der Waals surface area contributed by atoms with Crippen LogP contribution in [0.2, 0.25) is 0 Å². The second-order valence-electron chi connectivity index (χ2n) is 8.16. The second-order valence-corrected chi connectivity index (χ2v) is 8.16. The minimum atomic E-state index is -0.259. The van der Waals surface area contributed by atoms with Crippen LogP contribution in [-0.2, 0) is 0 Å². The van der Waals surface area contributed by atoms with Crippen molar-refractivity contribution in [3.05, 3.63) is 23.8 Å². The summed E-state index contributed by atoms with van der Waals surface area (Å²) in [6.45, 7) is 4.27. The Kier molecular flexibility index (Phi) is 3.50. The van der Waals surface area contributed by atoms with Crippen molar-refractivity contribution in [3.63, 3.8) is 0 Å². The molecule has 0 saturated heterocycles. The Morgan fingerprint density at radius 3 is 2.91 bits per heavy atom. The average molecular weight is 296 g/mol. The van der Waals surface area contributed by atoms with E-state index in [-0.39, 0.29) is 11.5 Å². The van der Waals surface area contributed by atoms with Crippen molar-refractivity contribution in [2.75, 3.05) is 0 Å². The van der Waals surface area contributed by atoms with Gasteiger partial charge in [0, 0.05) is 11.3 Å². The van der Waals surface area contributed by atoms with E-state index in [9.17, 15) is 5.11 Å². The van der Waals surface area contributed by atoms with Gasteiger partial charge in [-0.05, 0) is 62.7 Å². The Morgan fingerprint density at radius 1 is 1.23 bits per heavy atom. The van der Waals surface area contributed by atoms with Crippen molar-refractivity contribution in [3.8, 4) is 11.8 Å². The van der Waals surface area contributed by atoms with Crippen LogP contribution < -0.4 is 0 Å². The summed E-state index contributed by atoms with van der Waals surface area (Å²) in [6.07, 6.45) is 14.6. The van der Waals surface area contributed by atoms with E-state index in [0.29, 0.717) is 17.8 Å². The van der Waals surface area contributed by atoms with Crippen LogP contribution in [0.3, 0.4) is 0 Å². The maximum absolute atomic E-state index is 10.5. The van der Waals surface area contributed by atoms with E-state index < -0.39 is 0 Å². The van der Waals surface area contributed by atoms with Crippen LogP contribution in [0, 0.1) is 46.8 Å². The maximum Gasteiger partial charge on any atom is 0.0780 e. The van der Waals surface area contributed by atoms with Crippen LogP contribution in [0.5, 0.6) is 0 Å². The van der Waals surface area contributed by atoms with E-state index in [1.807, 2.05) is 6.92 Å². The van der Waals surface area contributed by atoms with E-state index in [1.54, 1.807) is 5.57 Å². The molecule has 0 amide bonds. The lowest BCUT2D eigenvalue weighted by Crippen LogP contribution is -2.49. The summed E-state index contributed by atoms with van der Waals surface area (Å²) in [4.78, 5) is 0. The molecule has 0 aromatic heterocycles. The fraction of sp³-hybridized carbons (Fsp3) is 0.714.